The normalized spacial score (nSPS) is 11.7. The van der Waals surface area contributed by atoms with Crippen molar-refractivity contribution < 1.29 is 14.6 Å². The van der Waals surface area contributed by atoms with E-state index in [2.05, 4.69) is 25.3 Å². The van der Waals surface area contributed by atoms with Crippen molar-refractivity contribution in [2.45, 2.75) is 45.8 Å². The summed E-state index contributed by atoms with van der Waals surface area (Å²) < 4.78 is 10.5. The summed E-state index contributed by atoms with van der Waals surface area (Å²) in [6.07, 6.45) is 5.70. The summed E-state index contributed by atoms with van der Waals surface area (Å²) in [6, 6.07) is 20.3. The molecule has 2 atom stereocenters. The molecule has 29 heavy (non-hydrogen) atoms. The van der Waals surface area contributed by atoms with Crippen LogP contribution in [-0.4, -0.2) is 37.1 Å². The summed E-state index contributed by atoms with van der Waals surface area (Å²) in [6.45, 7) is 14.9. The first kappa shape index (κ1) is 26.8. The quantitative estimate of drug-likeness (QED) is 0.527. The second-order valence-corrected chi connectivity index (χ2v) is 6.40. The van der Waals surface area contributed by atoms with E-state index in [0.29, 0.717) is 0 Å². The second kappa shape index (κ2) is 19.1. The molecule has 2 aromatic carbocycles. The lowest BCUT2D eigenvalue weighted by atomic mass is 10.2. The van der Waals surface area contributed by atoms with Gasteiger partial charge in [0, 0.05) is 13.2 Å². The minimum atomic E-state index is 0.156. The molecule has 160 valence electrons. The minimum absolute atomic E-state index is 0.156. The van der Waals surface area contributed by atoms with Crippen molar-refractivity contribution in [3.8, 4) is 0 Å². The van der Waals surface area contributed by atoms with Crippen molar-refractivity contribution in [3.63, 3.8) is 0 Å². The predicted octanol–water partition coefficient (Wildman–Crippen LogP) is 5.64. The summed E-state index contributed by atoms with van der Waals surface area (Å²) in [5.74, 6) is 0. The van der Waals surface area contributed by atoms with Gasteiger partial charge in [-0.2, -0.15) is 0 Å². The van der Waals surface area contributed by atoms with Crippen molar-refractivity contribution in [2.75, 3.05) is 19.8 Å². The number of aliphatic hydroxyl groups is 1. The van der Waals surface area contributed by atoms with Gasteiger partial charge in [-0.3, -0.25) is 0 Å². The highest BCUT2D eigenvalue weighted by Gasteiger charge is 1.95. The molecule has 2 aromatic rings. The zero-order valence-electron chi connectivity index (χ0n) is 18.3. The Bertz CT molecular complexity index is 610. The first-order valence-corrected chi connectivity index (χ1v) is 10.2. The van der Waals surface area contributed by atoms with E-state index in [1.165, 1.54) is 11.1 Å². The third kappa shape index (κ3) is 16.5. The molecular formula is C26H38O3. The Morgan fingerprint density at radius 2 is 1.24 bits per heavy atom. The monoisotopic (exact) mass is 398 g/mol. The fourth-order valence-corrected chi connectivity index (χ4v) is 2.18. The molecule has 0 fully saturated rings. The van der Waals surface area contributed by atoms with Gasteiger partial charge in [-0.05, 0) is 44.7 Å². The van der Waals surface area contributed by atoms with Crippen molar-refractivity contribution in [1.29, 1.82) is 0 Å². The molecule has 0 saturated carbocycles. The molecule has 0 aliphatic rings. The van der Waals surface area contributed by atoms with Crippen LogP contribution in [-0.2, 0) is 22.3 Å². The lowest BCUT2D eigenvalue weighted by molar-refractivity contribution is 0.100. The molecule has 0 aliphatic carbocycles. The van der Waals surface area contributed by atoms with E-state index in [1.807, 2.05) is 75.4 Å². The van der Waals surface area contributed by atoms with Gasteiger partial charge in [-0.25, -0.2) is 0 Å². The first-order valence-electron chi connectivity index (χ1n) is 10.2. The van der Waals surface area contributed by atoms with Crippen molar-refractivity contribution in [1.82, 2.24) is 0 Å². The Morgan fingerprint density at radius 3 is 1.62 bits per heavy atom. The predicted molar refractivity (Wildman–Crippen MR) is 124 cm³/mol. The number of hydrogen-bond acceptors (Lipinski definition) is 3. The Kier molecular flexibility index (Phi) is 17.7. The number of rotatable bonds is 10. The Morgan fingerprint density at radius 1 is 0.793 bits per heavy atom. The molecular weight excluding hydrogens is 360 g/mol. The summed E-state index contributed by atoms with van der Waals surface area (Å²) in [5, 5.41) is 8.52. The maximum atomic E-state index is 8.52. The van der Waals surface area contributed by atoms with Gasteiger partial charge in [0.25, 0.3) is 0 Å². The van der Waals surface area contributed by atoms with E-state index in [-0.39, 0.29) is 18.8 Å². The number of aliphatic hydroxyl groups excluding tert-OH is 1. The van der Waals surface area contributed by atoms with Crippen LogP contribution in [0, 0.1) is 0 Å². The molecule has 0 radical (unpaired) electrons. The van der Waals surface area contributed by atoms with E-state index in [0.717, 1.165) is 26.1 Å². The van der Waals surface area contributed by atoms with Crippen LogP contribution in [0.2, 0.25) is 0 Å². The Balaban J connectivity index is 0.000000430. The van der Waals surface area contributed by atoms with Gasteiger partial charge in [-0.15, -0.1) is 13.2 Å². The molecule has 0 aliphatic heterocycles. The SMILES string of the molecule is C=CC(C)OCC.C=CC(C)OCCc1ccccc1.OCCc1ccccc1. The highest BCUT2D eigenvalue weighted by molar-refractivity contribution is 5.15. The van der Waals surface area contributed by atoms with E-state index >= 15 is 0 Å². The zero-order valence-corrected chi connectivity index (χ0v) is 18.3. The molecule has 0 amide bonds. The molecule has 0 saturated heterocycles. The average molecular weight is 399 g/mol. The minimum Gasteiger partial charge on any atom is -0.396 e. The van der Waals surface area contributed by atoms with Gasteiger partial charge < -0.3 is 14.6 Å². The van der Waals surface area contributed by atoms with Gasteiger partial charge in [-0.1, -0.05) is 72.8 Å². The average Bonchev–Trinajstić information content (AvgIpc) is 2.76. The van der Waals surface area contributed by atoms with Gasteiger partial charge in [0.1, 0.15) is 0 Å². The van der Waals surface area contributed by atoms with Gasteiger partial charge in [0.05, 0.1) is 18.8 Å². The largest absolute Gasteiger partial charge is 0.396 e. The lowest BCUT2D eigenvalue weighted by Gasteiger charge is -2.07. The van der Waals surface area contributed by atoms with E-state index in [4.69, 9.17) is 14.6 Å². The smallest absolute Gasteiger partial charge is 0.0725 e. The first-order chi connectivity index (χ1) is 14.1. The lowest BCUT2D eigenvalue weighted by Crippen LogP contribution is -2.07. The highest BCUT2D eigenvalue weighted by atomic mass is 16.5. The maximum Gasteiger partial charge on any atom is 0.0725 e. The molecule has 3 nitrogen and oxygen atoms in total. The standard InChI is InChI=1S/C12H16O.C8H10O.C6H12O/c1-3-11(2)13-10-9-12-7-5-4-6-8-12;9-7-6-8-4-2-1-3-5-8;1-4-6(3)7-5-2/h3-8,11H,1,9-10H2,2H3;1-5,9H,6-7H2;4,6H,1,5H2,2-3H3. The van der Waals surface area contributed by atoms with Crippen LogP contribution in [0.15, 0.2) is 86.0 Å². The van der Waals surface area contributed by atoms with E-state index < -0.39 is 0 Å². The molecule has 0 spiro atoms. The molecule has 3 heteroatoms. The molecule has 0 bridgehead atoms. The molecule has 2 unspecified atom stereocenters. The van der Waals surface area contributed by atoms with E-state index in [1.54, 1.807) is 6.08 Å². The third-order valence-electron chi connectivity index (χ3n) is 3.95. The van der Waals surface area contributed by atoms with Gasteiger partial charge in [0.15, 0.2) is 0 Å². The zero-order chi connectivity index (χ0) is 21.7. The maximum absolute atomic E-state index is 8.52. The summed E-state index contributed by atoms with van der Waals surface area (Å²) in [4.78, 5) is 0. The number of hydrogen-bond donors (Lipinski definition) is 1. The highest BCUT2D eigenvalue weighted by Crippen LogP contribution is 2.01. The summed E-state index contributed by atoms with van der Waals surface area (Å²) in [7, 11) is 0. The van der Waals surface area contributed by atoms with Gasteiger partial charge >= 0.3 is 0 Å². The van der Waals surface area contributed by atoms with Crippen molar-refractivity contribution >= 4 is 0 Å². The number of ether oxygens (including phenoxy) is 2. The van der Waals surface area contributed by atoms with Gasteiger partial charge in [0.2, 0.25) is 0 Å². The van der Waals surface area contributed by atoms with E-state index in [9.17, 15) is 0 Å². The third-order valence-corrected chi connectivity index (χ3v) is 3.95. The fourth-order valence-electron chi connectivity index (χ4n) is 2.18. The molecule has 2 rings (SSSR count). The molecule has 0 aromatic heterocycles. The number of benzene rings is 2. The van der Waals surface area contributed by atoms with Crippen LogP contribution in [0.3, 0.4) is 0 Å². The van der Waals surface area contributed by atoms with Crippen LogP contribution in [0.25, 0.3) is 0 Å². The Labute approximate surface area is 177 Å². The van der Waals surface area contributed by atoms with Crippen LogP contribution >= 0.6 is 0 Å². The Hall–Kier alpha value is -2.20. The van der Waals surface area contributed by atoms with Crippen molar-refractivity contribution in [3.05, 3.63) is 97.1 Å². The molecule has 1 N–H and O–H groups in total. The topological polar surface area (TPSA) is 38.7 Å². The fraction of sp³-hybridized carbons (Fsp3) is 0.385. The van der Waals surface area contributed by atoms with Crippen LogP contribution in [0.4, 0.5) is 0 Å². The molecule has 0 heterocycles. The van der Waals surface area contributed by atoms with Crippen LogP contribution in [0.5, 0.6) is 0 Å². The van der Waals surface area contributed by atoms with Crippen molar-refractivity contribution in [2.24, 2.45) is 0 Å². The van der Waals surface area contributed by atoms with Crippen LogP contribution < -0.4 is 0 Å². The summed E-state index contributed by atoms with van der Waals surface area (Å²) >= 11 is 0. The van der Waals surface area contributed by atoms with Crippen LogP contribution in [0.1, 0.15) is 31.9 Å². The summed E-state index contributed by atoms with van der Waals surface area (Å²) in [5.41, 5.74) is 2.51. The second-order valence-electron chi connectivity index (χ2n) is 6.40.